The number of rotatable bonds is 5. The van der Waals surface area contributed by atoms with Crippen molar-refractivity contribution in [3.05, 3.63) is 53.1 Å². The van der Waals surface area contributed by atoms with Crippen LogP contribution < -0.4 is 9.64 Å². The molecule has 2 aromatic carbocycles. The molecule has 0 atom stereocenters. The van der Waals surface area contributed by atoms with E-state index in [1.165, 1.54) is 4.31 Å². The first-order chi connectivity index (χ1) is 15.3. The summed E-state index contributed by atoms with van der Waals surface area (Å²) in [5, 5.41) is 0. The highest BCUT2D eigenvalue weighted by molar-refractivity contribution is 7.89. The van der Waals surface area contributed by atoms with Gasteiger partial charge < -0.3 is 9.64 Å². The number of benzene rings is 2. The zero-order chi connectivity index (χ0) is 22.9. The van der Waals surface area contributed by atoms with Gasteiger partial charge in [-0.3, -0.25) is 4.79 Å². The van der Waals surface area contributed by atoms with E-state index >= 15 is 0 Å². The quantitative estimate of drug-likeness (QED) is 0.670. The molecule has 1 aliphatic heterocycles. The minimum Gasteiger partial charge on any atom is -0.490 e. The summed E-state index contributed by atoms with van der Waals surface area (Å²) >= 11 is 0. The molecule has 0 unspecified atom stereocenters. The number of carbonyl (C=O) groups excluding carboxylic acids is 1. The lowest BCUT2D eigenvalue weighted by Gasteiger charge is -2.36. The van der Waals surface area contributed by atoms with E-state index in [9.17, 15) is 13.2 Å². The van der Waals surface area contributed by atoms with Gasteiger partial charge in [-0.2, -0.15) is 4.31 Å². The molecule has 1 fully saturated rings. The lowest BCUT2D eigenvalue weighted by Crippen LogP contribution is -2.49. The summed E-state index contributed by atoms with van der Waals surface area (Å²) in [6.45, 7) is 6.30. The Morgan fingerprint density at radius 3 is 2.41 bits per heavy atom. The van der Waals surface area contributed by atoms with Crippen LogP contribution >= 0.6 is 0 Å². The Morgan fingerprint density at radius 2 is 1.72 bits per heavy atom. The largest absolute Gasteiger partial charge is 0.490 e. The summed E-state index contributed by atoms with van der Waals surface area (Å²) in [4.78, 5) is 15.5. The molecule has 1 saturated carbocycles. The lowest BCUT2D eigenvalue weighted by molar-refractivity contribution is -0.119. The Hall–Kier alpha value is -2.38. The van der Waals surface area contributed by atoms with Crippen LogP contribution in [-0.4, -0.2) is 44.4 Å². The third-order valence-electron chi connectivity index (χ3n) is 6.47. The van der Waals surface area contributed by atoms with Crippen LogP contribution in [0.15, 0.2) is 41.3 Å². The van der Waals surface area contributed by atoms with Gasteiger partial charge in [0, 0.05) is 6.04 Å². The summed E-state index contributed by atoms with van der Waals surface area (Å²) in [6.07, 6.45) is 4.65. The zero-order valence-electron chi connectivity index (χ0n) is 19.1. The maximum absolute atomic E-state index is 14.0. The van der Waals surface area contributed by atoms with Crippen LogP contribution in [0.1, 0.15) is 48.8 Å². The van der Waals surface area contributed by atoms with Gasteiger partial charge in [-0.05, 0) is 56.9 Å². The summed E-state index contributed by atoms with van der Waals surface area (Å²) in [7, 11) is -3.84. The van der Waals surface area contributed by atoms with Crippen LogP contribution in [-0.2, 0) is 14.8 Å². The average Bonchev–Trinajstić information content (AvgIpc) is 2.76. The van der Waals surface area contributed by atoms with E-state index < -0.39 is 10.0 Å². The minimum absolute atomic E-state index is 0.158. The first-order valence-electron chi connectivity index (χ1n) is 11.4. The molecule has 0 bridgehead atoms. The van der Waals surface area contributed by atoms with Gasteiger partial charge in [0.1, 0.15) is 12.4 Å². The maximum atomic E-state index is 14.0. The van der Waals surface area contributed by atoms with Gasteiger partial charge in [-0.1, -0.05) is 49.1 Å². The lowest BCUT2D eigenvalue weighted by atomic mass is 9.95. The second-order valence-corrected chi connectivity index (χ2v) is 10.8. The van der Waals surface area contributed by atoms with Crippen molar-refractivity contribution in [2.75, 3.05) is 24.6 Å². The molecule has 0 saturated heterocycles. The normalized spacial score (nSPS) is 17.2. The second-order valence-electron chi connectivity index (χ2n) is 8.93. The Bertz CT molecular complexity index is 1080. The van der Waals surface area contributed by atoms with Crippen LogP contribution in [0, 0.1) is 20.8 Å². The van der Waals surface area contributed by atoms with E-state index in [1.54, 1.807) is 4.90 Å². The van der Waals surface area contributed by atoms with Crippen LogP contribution in [0.3, 0.4) is 0 Å². The molecule has 7 heteroatoms. The van der Waals surface area contributed by atoms with Crippen molar-refractivity contribution in [2.45, 2.75) is 63.8 Å². The highest BCUT2D eigenvalue weighted by Crippen LogP contribution is 2.34. The Morgan fingerprint density at radius 1 is 1.06 bits per heavy atom. The van der Waals surface area contributed by atoms with Crippen molar-refractivity contribution in [3.8, 4) is 5.75 Å². The summed E-state index contributed by atoms with van der Waals surface area (Å²) < 4.78 is 35.1. The van der Waals surface area contributed by atoms with Crippen molar-refractivity contribution in [3.63, 3.8) is 0 Å². The van der Waals surface area contributed by atoms with E-state index in [0.717, 1.165) is 48.8 Å². The summed E-state index contributed by atoms with van der Waals surface area (Å²) in [6, 6.07) is 11.1. The van der Waals surface area contributed by atoms with Gasteiger partial charge in [-0.25, -0.2) is 8.42 Å². The third kappa shape index (κ3) is 4.41. The van der Waals surface area contributed by atoms with Crippen molar-refractivity contribution in [1.82, 2.24) is 4.31 Å². The average molecular weight is 457 g/mol. The number of ether oxygens (including phenoxy) is 1. The van der Waals surface area contributed by atoms with Gasteiger partial charge in [-0.15, -0.1) is 0 Å². The summed E-state index contributed by atoms with van der Waals surface area (Å²) in [5.74, 6) is 0.446. The van der Waals surface area contributed by atoms with Crippen molar-refractivity contribution >= 4 is 21.6 Å². The highest BCUT2D eigenvalue weighted by Gasteiger charge is 2.37. The van der Waals surface area contributed by atoms with Crippen LogP contribution in [0.25, 0.3) is 0 Å². The monoisotopic (exact) mass is 456 g/mol. The van der Waals surface area contributed by atoms with E-state index in [1.807, 2.05) is 57.2 Å². The Balaban J connectivity index is 1.70. The zero-order valence-corrected chi connectivity index (χ0v) is 20.0. The molecule has 6 nitrogen and oxygen atoms in total. The molecular weight excluding hydrogens is 424 g/mol. The number of fused-ring (bicyclic) bond motifs is 1. The molecule has 1 heterocycles. The molecule has 2 aliphatic rings. The van der Waals surface area contributed by atoms with Crippen LogP contribution in [0.4, 0.5) is 5.69 Å². The van der Waals surface area contributed by atoms with Crippen molar-refractivity contribution in [2.24, 2.45) is 0 Å². The fraction of sp³-hybridized carbons (Fsp3) is 0.480. The standard InChI is InChI=1S/C25H32N2O4S/c1-18-15-19(2)25(20(3)16-18)32(29,30)27(21-9-5-4-6-10-21)17-24(28)26-13-14-31-23-12-8-7-11-22(23)26/h7-8,11-12,15-16,21H,4-6,9-10,13-14,17H2,1-3H3. The first kappa shape index (κ1) is 22.8. The topological polar surface area (TPSA) is 66.9 Å². The van der Waals surface area contributed by atoms with Crippen molar-refractivity contribution < 1.29 is 17.9 Å². The van der Waals surface area contributed by atoms with Gasteiger partial charge in [0.25, 0.3) is 0 Å². The Labute approximate surface area is 191 Å². The number of anilines is 1. The third-order valence-corrected chi connectivity index (χ3v) is 8.68. The maximum Gasteiger partial charge on any atom is 0.244 e. The molecule has 0 N–H and O–H groups in total. The molecule has 0 spiro atoms. The van der Waals surface area contributed by atoms with Crippen LogP contribution in [0.5, 0.6) is 5.75 Å². The predicted octanol–water partition coefficient (Wildman–Crippen LogP) is 4.36. The number of hydrogen-bond acceptors (Lipinski definition) is 4. The molecule has 172 valence electrons. The van der Waals surface area contributed by atoms with E-state index in [0.29, 0.717) is 29.5 Å². The van der Waals surface area contributed by atoms with Gasteiger partial charge >= 0.3 is 0 Å². The molecule has 1 aliphatic carbocycles. The Kier molecular flexibility index (Phi) is 6.58. The fourth-order valence-electron chi connectivity index (χ4n) is 5.12. The molecule has 0 radical (unpaired) electrons. The number of nitrogens with zero attached hydrogens (tertiary/aromatic N) is 2. The minimum atomic E-state index is -3.84. The van der Waals surface area contributed by atoms with Crippen LogP contribution in [0.2, 0.25) is 0 Å². The molecule has 4 rings (SSSR count). The van der Waals surface area contributed by atoms with Gasteiger partial charge in [0.05, 0.1) is 23.7 Å². The second kappa shape index (κ2) is 9.24. The number of para-hydroxylation sites is 2. The fourth-order valence-corrected chi connectivity index (χ4v) is 7.17. The first-order valence-corrected chi connectivity index (χ1v) is 12.8. The SMILES string of the molecule is Cc1cc(C)c(S(=O)(=O)N(CC(=O)N2CCOc3ccccc32)C2CCCCC2)c(C)c1. The van der Waals surface area contributed by atoms with E-state index in [4.69, 9.17) is 4.74 Å². The number of amides is 1. The van der Waals surface area contributed by atoms with Gasteiger partial charge in [0.2, 0.25) is 15.9 Å². The molecular formula is C25H32N2O4S. The molecule has 0 aromatic heterocycles. The molecule has 2 aromatic rings. The number of aryl methyl sites for hydroxylation is 3. The smallest absolute Gasteiger partial charge is 0.244 e. The van der Waals surface area contributed by atoms with E-state index in [-0.39, 0.29) is 18.5 Å². The predicted molar refractivity (Wildman–Crippen MR) is 126 cm³/mol. The molecule has 1 amide bonds. The van der Waals surface area contributed by atoms with Gasteiger partial charge in [0.15, 0.2) is 0 Å². The molecule has 32 heavy (non-hydrogen) atoms. The summed E-state index contributed by atoms with van der Waals surface area (Å²) in [5.41, 5.74) is 3.19. The number of hydrogen-bond donors (Lipinski definition) is 0. The number of sulfonamides is 1. The van der Waals surface area contributed by atoms with E-state index in [2.05, 4.69) is 0 Å². The number of carbonyl (C=O) groups is 1. The van der Waals surface area contributed by atoms with Crippen molar-refractivity contribution in [1.29, 1.82) is 0 Å². The highest BCUT2D eigenvalue weighted by atomic mass is 32.2.